The van der Waals surface area contributed by atoms with Crippen LogP contribution < -0.4 is 5.32 Å². The van der Waals surface area contributed by atoms with Crippen molar-refractivity contribution in [3.63, 3.8) is 0 Å². The van der Waals surface area contributed by atoms with Gasteiger partial charge in [-0.05, 0) is 31.7 Å². The van der Waals surface area contributed by atoms with E-state index in [1.54, 1.807) is 0 Å². The van der Waals surface area contributed by atoms with Crippen molar-refractivity contribution in [3.05, 3.63) is 41.1 Å². The van der Waals surface area contributed by atoms with Crippen LogP contribution in [0.5, 0.6) is 0 Å². The summed E-state index contributed by atoms with van der Waals surface area (Å²) in [5.74, 6) is 0. The maximum atomic E-state index is 5.00. The molecule has 2 aromatic rings. The minimum atomic E-state index is 0.0189. The smallest absolute Gasteiger partial charge is 0.0971 e. The van der Waals surface area contributed by atoms with Crippen LogP contribution in [0, 0.1) is 0 Å². The van der Waals surface area contributed by atoms with Gasteiger partial charge in [0, 0.05) is 36.3 Å². The molecule has 1 aliphatic rings. The zero-order valence-electron chi connectivity index (χ0n) is 15.3. The maximum absolute atomic E-state index is 5.00. The summed E-state index contributed by atoms with van der Waals surface area (Å²) in [5, 5.41) is 8.50. The Bertz CT molecular complexity index is 694. The van der Waals surface area contributed by atoms with E-state index >= 15 is 0 Å². The van der Waals surface area contributed by atoms with Gasteiger partial charge in [-0.25, -0.2) is 0 Å². The molecule has 1 aliphatic heterocycles. The molecule has 0 unspecified atom stereocenters. The van der Waals surface area contributed by atoms with Crippen LogP contribution in [0.25, 0.3) is 11.3 Å². The number of hydrogen-bond donors (Lipinski definition) is 1. The number of benzene rings is 1. The second-order valence-electron chi connectivity index (χ2n) is 8.61. The van der Waals surface area contributed by atoms with Crippen molar-refractivity contribution >= 4 is 0 Å². The molecule has 1 N–H and O–H groups in total. The summed E-state index contributed by atoms with van der Waals surface area (Å²) < 4.78 is 2.23. The van der Waals surface area contributed by atoms with Crippen molar-refractivity contribution in [2.75, 3.05) is 6.54 Å². The normalized spacial score (nSPS) is 15.6. The predicted octanol–water partition coefficient (Wildman–Crippen LogP) is 4.25. The second-order valence-corrected chi connectivity index (χ2v) is 8.61. The molecule has 1 aromatic carbocycles. The van der Waals surface area contributed by atoms with E-state index in [1.807, 2.05) is 0 Å². The fourth-order valence-electron chi connectivity index (χ4n) is 3.26. The number of nitrogens with zero attached hydrogens (tertiary/aromatic N) is 2. The van der Waals surface area contributed by atoms with Gasteiger partial charge in [-0.2, -0.15) is 5.10 Å². The zero-order valence-corrected chi connectivity index (χ0v) is 15.3. The van der Waals surface area contributed by atoms with Crippen molar-refractivity contribution in [2.45, 2.75) is 65.5 Å². The van der Waals surface area contributed by atoms with Crippen molar-refractivity contribution in [1.82, 2.24) is 15.1 Å². The summed E-state index contributed by atoms with van der Waals surface area (Å²) in [7, 11) is 0. The van der Waals surface area contributed by atoms with Gasteiger partial charge in [0.05, 0.1) is 11.2 Å². The first kappa shape index (κ1) is 16.3. The molecule has 0 bridgehead atoms. The van der Waals surface area contributed by atoms with Gasteiger partial charge in [0.1, 0.15) is 0 Å². The summed E-state index contributed by atoms with van der Waals surface area (Å²) in [6.45, 7) is 15.4. The molecule has 23 heavy (non-hydrogen) atoms. The van der Waals surface area contributed by atoms with E-state index in [4.69, 9.17) is 5.10 Å². The minimum Gasteiger partial charge on any atom is -0.312 e. The fourth-order valence-corrected chi connectivity index (χ4v) is 3.26. The Morgan fingerprint density at radius 1 is 1.00 bits per heavy atom. The molecular formula is C20H29N3. The monoisotopic (exact) mass is 311 g/mol. The first-order chi connectivity index (χ1) is 10.7. The highest BCUT2D eigenvalue weighted by molar-refractivity contribution is 5.65. The largest absolute Gasteiger partial charge is 0.312 e. The lowest BCUT2D eigenvalue weighted by Gasteiger charge is -2.24. The highest BCUT2D eigenvalue weighted by Gasteiger charge is 2.27. The Hall–Kier alpha value is -1.61. The molecule has 1 aromatic heterocycles. The molecule has 0 atom stereocenters. The Balaban J connectivity index is 2.08. The minimum absolute atomic E-state index is 0.0189. The van der Waals surface area contributed by atoms with Crippen LogP contribution >= 0.6 is 0 Å². The number of rotatable bonds is 1. The lowest BCUT2D eigenvalue weighted by molar-refractivity contribution is 0.340. The third kappa shape index (κ3) is 3.07. The first-order valence-electron chi connectivity index (χ1n) is 8.61. The average Bonchev–Trinajstić information content (AvgIpc) is 2.86. The van der Waals surface area contributed by atoms with Crippen LogP contribution in [0.1, 0.15) is 58.4 Å². The van der Waals surface area contributed by atoms with Gasteiger partial charge >= 0.3 is 0 Å². The Morgan fingerprint density at radius 3 is 2.22 bits per heavy atom. The van der Waals surface area contributed by atoms with Crippen LogP contribution in [0.15, 0.2) is 24.3 Å². The molecule has 0 aliphatic carbocycles. The van der Waals surface area contributed by atoms with Gasteiger partial charge in [-0.15, -0.1) is 0 Å². The molecule has 3 rings (SSSR count). The van der Waals surface area contributed by atoms with E-state index in [0.29, 0.717) is 0 Å². The third-order valence-electron chi connectivity index (χ3n) is 4.59. The first-order valence-corrected chi connectivity index (χ1v) is 8.61. The molecule has 3 nitrogen and oxygen atoms in total. The van der Waals surface area contributed by atoms with Crippen LogP contribution in [-0.4, -0.2) is 16.3 Å². The summed E-state index contributed by atoms with van der Waals surface area (Å²) in [6.07, 6.45) is 1.06. The van der Waals surface area contributed by atoms with Crippen LogP contribution in [0.4, 0.5) is 0 Å². The van der Waals surface area contributed by atoms with Crippen LogP contribution in [0.3, 0.4) is 0 Å². The van der Waals surface area contributed by atoms with E-state index in [0.717, 1.165) is 25.2 Å². The quantitative estimate of drug-likeness (QED) is 0.853. The fraction of sp³-hybridized carbons (Fsp3) is 0.550. The van der Waals surface area contributed by atoms with Crippen LogP contribution in [-0.2, 0) is 23.9 Å². The molecule has 3 heteroatoms. The predicted molar refractivity (Wildman–Crippen MR) is 96.8 cm³/mol. The topological polar surface area (TPSA) is 29.9 Å². The number of nitrogens with one attached hydrogen (secondary N) is 1. The highest BCUT2D eigenvalue weighted by atomic mass is 15.3. The van der Waals surface area contributed by atoms with Gasteiger partial charge in [0.15, 0.2) is 0 Å². The van der Waals surface area contributed by atoms with E-state index < -0.39 is 0 Å². The molecule has 0 radical (unpaired) electrons. The highest BCUT2D eigenvalue weighted by Crippen LogP contribution is 2.32. The van der Waals surface area contributed by atoms with Gasteiger partial charge in [-0.3, -0.25) is 4.68 Å². The second kappa shape index (κ2) is 5.48. The van der Waals surface area contributed by atoms with Crippen molar-refractivity contribution < 1.29 is 0 Å². The van der Waals surface area contributed by atoms with Crippen molar-refractivity contribution in [3.8, 4) is 11.3 Å². The molecular weight excluding hydrogens is 282 g/mol. The number of fused-ring (bicyclic) bond motifs is 1. The van der Waals surface area contributed by atoms with E-state index in [1.165, 1.54) is 22.4 Å². The molecule has 2 heterocycles. The lowest BCUT2D eigenvalue weighted by atomic mass is 9.86. The van der Waals surface area contributed by atoms with E-state index in [-0.39, 0.29) is 11.0 Å². The number of hydrogen-bond acceptors (Lipinski definition) is 2. The van der Waals surface area contributed by atoms with Gasteiger partial charge in [0.2, 0.25) is 0 Å². The van der Waals surface area contributed by atoms with Gasteiger partial charge < -0.3 is 5.32 Å². The van der Waals surface area contributed by atoms with E-state index in [2.05, 4.69) is 75.8 Å². The average molecular weight is 311 g/mol. The SMILES string of the molecule is CC(C)(C)c1ccc(-c2nn(C(C)(C)C)c3c2CNCC3)cc1. The summed E-state index contributed by atoms with van der Waals surface area (Å²) in [5.41, 5.74) is 6.70. The molecule has 0 fully saturated rings. The Morgan fingerprint density at radius 2 is 1.65 bits per heavy atom. The van der Waals surface area contributed by atoms with Gasteiger partial charge in [-0.1, -0.05) is 45.0 Å². The molecule has 0 spiro atoms. The molecule has 124 valence electrons. The van der Waals surface area contributed by atoms with Crippen molar-refractivity contribution in [1.29, 1.82) is 0 Å². The third-order valence-corrected chi connectivity index (χ3v) is 4.59. The number of aromatic nitrogens is 2. The Labute approximate surface area is 140 Å². The van der Waals surface area contributed by atoms with Crippen molar-refractivity contribution in [2.24, 2.45) is 0 Å². The summed E-state index contributed by atoms with van der Waals surface area (Å²) >= 11 is 0. The maximum Gasteiger partial charge on any atom is 0.0971 e. The lowest BCUT2D eigenvalue weighted by Crippen LogP contribution is -2.30. The standard InChI is InChI=1S/C20H29N3/c1-19(2,3)15-9-7-14(8-10-15)18-16-13-21-12-11-17(16)23(22-18)20(4,5)6/h7-10,21H,11-13H2,1-6H3. The summed E-state index contributed by atoms with van der Waals surface area (Å²) in [6, 6.07) is 8.94. The molecule has 0 saturated heterocycles. The van der Waals surface area contributed by atoms with Crippen LogP contribution in [0.2, 0.25) is 0 Å². The van der Waals surface area contributed by atoms with E-state index in [9.17, 15) is 0 Å². The molecule has 0 amide bonds. The molecule has 0 saturated carbocycles. The Kier molecular flexibility index (Phi) is 3.88. The summed E-state index contributed by atoms with van der Waals surface area (Å²) in [4.78, 5) is 0. The van der Waals surface area contributed by atoms with Gasteiger partial charge in [0.25, 0.3) is 0 Å². The zero-order chi connectivity index (χ0) is 16.8.